The van der Waals surface area contributed by atoms with Crippen molar-refractivity contribution in [3.63, 3.8) is 0 Å². The van der Waals surface area contributed by atoms with Gasteiger partial charge in [-0.25, -0.2) is 4.79 Å². The van der Waals surface area contributed by atoms with Crippen LogP contribution in [0.25, 0.3) is 0 Å². The van der Waals surface area contributed by atoms with Crippen LogP contribution in [0.2, 0.25) is 0 Å². The topological polar surface area (TPSA) is 606 Å². The van der Waals surface area contributed by atoms with Crippen LogP contribution in [0.1, 0.15) is 208 Å². The van der Waals surface area contributed by atoms with Crippen molar-refractivity contribution in [2.75, 3.05) is 39.6 Å². The molecule has 0 spiro atoms. The number of aliphatic imine (C=N–C) groups is 1. The first kappa shape index (κ1) is 100. The highest BCUT2D eigenvalue weighted by atomic mass is 16.8. The van der Waals surface area contributed by atoms with Crippen LogP contribution in [-0.4, -0.2) is 362 Å². The van der Waals surface area contributed by atoms with Crippen molar-refractivity contribution < 1.29 is 173 Å². The Morgan fingerprint density at radius 3 is 1.49 bits per heavy atom. The number of carboxylic acid groups (broad SMARTS) is 1. The zero-order valence-corrected chi connectivity index (χ0v) is 66.9. The summed E-state index contributed by atoms with van der Waals surface area (Å²) in [6.07, 6.45) is -29.3. The molecule has 6 aliphatic heterocycles. The van der Waals surface area contributed by atoms with Gasteiger partial charge in [0.05, 0.1) is 64.0 Å². The number of unbranched alkanes of at least 4 members (excludes halogenated alkanes) is 23. The first-order valence-corrected chi connectivity index (χ1v) is 41.4. The Balaban J connectivity index is 1.21. The molecule has 6 heterocycles. The molecular weight excluding hydrogens is 1530 g/mol. The minimum absolute atomic E-state index is 0.150. The van der Waals surface area contributed by atoms with E-state index in [-0.39, 0.29) is 12.3 Å². The van der Waals surface area contributed by atoms with E-state index in [9.17, 15) is 117 Å². The highest BCUT2D eigenvalue weighted by molar-refractivity contribution is 5.77. The minimum Gasteiger partial charge on any atom is -0.862 e. The number of hydrogen-bond acceptors (Lipinski definition) is 35. The number of nitrogens with one attached hydrogen (secondary N) is 2. The number of carbonyl (C=O) groups is 3. The van der Waals surface area contributed by atoms with Gasteiger partial charge in [-0.05, 0) is 39.0 Å². The standard InChI is InChI=1S/C77H137N3O35/c1-6-8-10-12-14-16-18-20-22-24-26-28-30-32-45(88)44(80-52(91)33-31-29-27-25-23-21-19-17-15-13-11-9-7-2)40-104-72-62(99)60(97)65(50(38-84)109-72)110-74-63(100)69(57(94)48(36-82)106-74)113-71-54(79-43(5)87)68(112-73-61(98)59(96)55(92)41(3)105-73)66(51(39-85)108-71)111-75-64(101)70(58(95)49(37-83)107-75)115-77(76(102)103)34-46(89)53(78-42(4)86)67(114-77)56(93)47(90)35-81/h30,32,41,44-51,53-75,81-85,88-90,92-101H,6-29,31,33-40H2,1-5H3,(H,78,86)(H,79,87)(H,80,91)(H,102,103)/p-1/b32-30+/t41-,44-,45+,46-,47+,48+,49+,50+,51+,53+,54+,55+,56+,57-,58-,59+,60+,61-,62+,63+,64+,65+,66+,67+,68+,69-,70-,71-,72+,73-,74-,75-,77-/m0/s1. The van der Waals surface area contributed by atoms with Crippen LogP contribution in [-0.2, 0) is 71.2 Å². The molecule has 0 aliphatic carbocycles. The largest absolute Gasteiger partial charge is 0.862 e. The molecule has 0 unspecified atom stereocenters. The predicted octanol–water partition coefficient (Wildman–Crippen LogP) is -3.33. The van der Waals surface area contributed by atoms with Crippen molar-refractivity contribution in [3.05, 3.63) is 12.2 Å². The molecule has 21 N–H and O–H groups in total. The average molecular weight is 1660 g/mol. The van der Waals surface area contributed by atoms with Crippen LogP contribution in [0.15, 0.2) is 17.1 Å². The maximum absolute atomic E-state index is 13.6. The molecule has 0 radical (unpaired) electrons. The Hall–Kier alpha value is -3.58. The molecule has 6 aliphatic rings. The Bertz CT molecular complexity index is 2790. The fourth-order valence-corrected chi connectivity index (χ4v) is 15.3. The van der Waals surface area contributed by atoms with Crippen LogP contribution >= 0.6 is 0 Å². The fraction of sp³-hybridized carbons (Fsp3) is 0.922. The summed E-state index contributed by atoms with van der Waals surface area (Å²) in [5.41, 5.74) is 0. The van der Waals surface area contributed by atoms with Crippen LogP contribution in [0.5, 0.6) is 0 Å². The van der Waals surface area contributed by atoms with Gasteiger partial charge >= 0.3 is 5.97 Å². The molecule has 38 nitrogen and oxygen atoms in total. The molecule has 670 valence electrons. The van der Waals surface area contributed by atoms with Crippen molar-refractivity contribution >= 4 is 23.7 Å². The van der Waals surface area contributed by atoms with Crippen molar-refractivity contribution in [2.24, 2.45) is 4.99 Å². The van der Waals surface area contributed by atoms with Gasteiger partial charge in [0.1, 0.15) is 140 Å². The average Bonchev–Trinajstić information content (AvgIpc) is 0.730. The van der Waals surface area contributed by atoms with Crippen LogP contribution in [0.4, 0.5) is 0 Å². The quantitative estimate of drug-likeness (QED) is 0.0123. The van der Waals surface area contributed by atoms with Gasteiger partial charge in [-0.3, -0.25) is 14.6 Å². The van der Waals surface area contributed by atoms with E-state index >= 15 is 0 Å². The first-order chi connectivity index (χ1) is 55.0. The fourth-order valence-electron chi connectivity index (χ4n) is 15.3. The summed E-state index contributed by atoms with van der Waals surface area (Å²) >= 11 is 0. The Labute approximate surface area is 671 Å². The second kappa shape index (κ2) is 51.4. The zero-order chi connectivity index (χ0) is 84.6. The molecule has 6 saturated heterocycles. The molecule has 115 heavy (non-hydrogen) atoms. The van der Waals surface area contributed by atoms with Gasteiger partial charge in [-0.15, -0.1) is 0 Å². The maximum atomic E-state index is 13.6. The molecule has 2 amide bonds. The number of nitrogens with zero attached hydrogens (tertiary/aromatic N) is 1. The van der Waals surface area contributed by atoms with Gasteiger partial charge in [-0.2, -0.15) is 0 Å². The maximum Gasteiger partial charge on any atom is 0.364 e. The first-order valence-electron chi connectivity index (χ1n) is 41.4. The lowest BCUT2D eigenvalue weighted by atomic mass is 9.88. The smallest absolute Gasteiger partial charge is 0.364 e. The second-order valence-electron chi connectivity index (χ2n) is 31.3. The molecule has 33 atom stereocenters. The number of aliphatic carboxylic acids is 1. The number of carboxylic acids is 1. The zero-order valence-electron chi connectivity index (χ0n) is 66.9. The highest BCUT2D eigenvalue weighted by Crippen LogP contribution is 2.42. The van der Waals surface area contributed by atoms with Crippen molar-refractivity contribution in [1.29, 1.82) is 0 Å². The van der Waals surface area contributed by atoms with E-state index in [0.29, 0.717) is 12.8 Å². The van der Waals surface area contributed by atoms with E-state index in [4.69, 9.17) is 56.8 Å². The van der Waals surface area contributed by atoms with Crippen LogP contribution in [0, 0.1) is 0 Å². The van der Waals surface area contributed by atoms with E-state index in [1.165, 1.54) is 96.8 Å². The Morgan fingerprint density at radius 1 is 0.522 bits per heavy atom. The van der Waals surface area contributed by atoms with Gasteiger partial charge in [0.2, 0.25) is 11.8 Å². The molecule has 0 aromatic rings. The molecule has 6 fully saturated rings. The van der Waals surface area contributed by atoms with Crippen LogP contribution < -0.4 is 15.7 Å². The van der Waals surface area contributed by atoms with Gasteiger partial charge in [-0.1, -0.05) is 167 Å². The summed E-state index contributed by atoms with van der Waals surface area (Å²) in [5, 5.41) is 231. The number of aliphatic hydroxyl groups excluding tert-OH is 18. The third kappa shape index (κ3) is 29.3. The van der Waals surface area contributed by atoms with Crippen LogP contribution in [0.3, 0.4) is 0 Å². The molecule has 0 bridgehead atoms. The minimum atomic E-state index is -3.29. The lowest BCUT2D eigenvalue weighted by Gasteiger charge is -2.52. The summed E-state index contributed by atoms with van der Waals surface area (Å²) in [6.45, 7) is 1.40. The van der Waals surface area contributed by atoms with Crippen molar-refractivity contribution in [1.82, 2.24) is 10.6 Å². The summed E-state index contributed by atoms with van der Waals surface area (Å²) < 4.78 is 72.0. The Kier molecular flexibility index (Phi) is 44.8. The van der Waals surface area contributed by atoms with Gasteiger partial charge in [0.15, 0.2) is 31.5 Å². The number of rotatable bonds is 52. The predicted molar refractivity (Wildman–Crippen MR) is 400 cm³/mol. The number of aliphatic hydroxyl groups is 18. The molecule has 0 aromatic carbocycles. The third-order valence-corrected chi connectivity index (χ3v) is 22.1. The van der Waals surface area contributed by atoms with Crippen molar-refractivity contribution in [3.8, 4) is 0 Å². The van der Waals surface area contributed by atoms with E-state index in [1.807, 2.05) is 6.08 Å². The molecule has 0 saturated carbocycles. The van der Waals surface area contributed by atoms with Gasteiger partial charge < -0.3 is 170 Å². The third-order valence-electron chi connectivity index (χ3n) is 22.1. The van der Waals surface area contributed by atoms with E-state index < -0.39 is 266 Å². The normalized spacial score (nSPS) is 37.3. The SMILES string of the molecule is CCCCCCCCCCCCC/C=C/[C@@H](O)[C@H](CO[C@@H]1O[C@H](CO)[C@@H](O[C@@H]2O[C@H](CO)[C@H](O)[C@H](O[C@@H]3O[C@H](CO)[C@@H](O[C@@H]4O[C@H](CO)[C@H](O)[C@H](O[C@]5(C(=O)O)C[C@H](O)[C@@H](N=C(C)[O-])[C@H]([C@H](O)[C@H](O)CO)O5)[C@H]4O)[C@H](O[C@@H]4O[C@@H](C)[C@@H](O)[C@@H](O)[C@@H]4O)[C@H]3NC(C)=O)[C@H]2O)[C@H](O)[C@H]1O)NC(=O)CCCCCCCCCCCCCCC. The molecule has 6 rings (SSSR count). The Morgan fingerprint density at radius 2 is 0.974 bits per heavy atom. The van der Waals surface area contributed by atoms with Crippen molar-refractivity contribution in [2.45, 2.75) is 410 Å². The summed E-state index contributed by atoms with van der Waals surface area (Å²) in [6, 6.07) is -4.93. The number of allylic oxidation sites excluding steroid dienone is 1. The number of hydrogen-bond donors (Lipinski definition) is 21. The summed E-state index contributed by atoms with van der Waals surface area (Å²) in [4.78, 5) is 44.1. The molecule has 0 aromatic heterocycles. The van der Waals surface area contributed by atoms with E-state index in [0.717, 1.165) is 71.6 Å². The lowest BCUT2D eigenvalue weighted by molar-refractivity contribution is -0.399. The summed E-state index contributed by atoms with van der Waals surface area (Å²) in [7, 11) is 0. The second-order valence-corrected chi connectivity index (χ2v) is 31.3. The van der Waals surface area contributed by atoms with Gasteiger partial charge in [0.25, 0.3) is 5.79 Å². The highest BCUT2D eigenvalue weighted by Gasteiger charge is 2.62. The molecular formula is C77H136N3O35-. The molecule has 38 heteroatoms. The monoisotopic (exact) mass is 1660 g/mol. The number of ether oxygens (including phenoxy) is 12. The lowest BCUT2D eigenvalue weighted by Crippen LogP contribution is -2.72. The van der Waals surface area contributed by atoms with E-state index in [2.05, 4.69) is 29.5 Å². The summed E-state index contributed by atoms with van der Waals surface area (Å²) in [5.74, 6) is -7.73. The van der Waals surface area contributed by atoms with E-state index in [1.54, 1.807) is 6.08 Å². The van der Waals surface area contributed by atoms with Gasteiger partial charge in [0, 0.05) is 19.8 Å². The number of carbonyl (C=O) groups excluding carboxylic acids is 2. The number of amides is 2.